The molecule has 0 saturated carbocycles. The van der Waals surface area contributed by atoms with Gasteiger partial charge in [0, 0.05) is 18.5 Å². The van der Waals surface area contributed by atoms with Gasteiger partial charge < -0.3 is 5.32 Å². The number of benzene rings is 2. The lowest BCUT2D eigenvalue weighted by molar-refractivity contribution is 0.404. The standard InChI is InChI=1S/C18H19N/c1-2-7-15-12-19-18(11-14(15)6-1)17-10-9-13-5-3-4-8-16(13)17/h1-8,17-19H,9-12H2. The third kappa shape index (κ3) is 1.89. The van der Waals surface area contributed by atoms with Gasteiger partial charge >= 0.3 is 0 Å². The van der Waals surface area contributed by atoms with Gasteiger partial charge in [-0.2, -0.15) is 0 Å². The summed E-state index contributed by atoms with van der Waals surface area (Å²) in [7, 11) is 0. The van der Waals surface area contributed by atoms with Gasteiger partial charge in [-0.05, 0) is 41.5 Å². The number of rotatable bonds is 1. The van der Waals surface area contributed by atoms with Gasteiger partial charge in [-0.1, -0.05) is 48.5 Å². The fourth-order valence-corrected chi connectivity index (χ4v) is 3.77. The Bertz CT molecular complexity index is 602. The fraction of sp³-hybridized carbons (Fsp3) is 0.333. The predicted octanol–water partition coefficient (Wildman–Crippen LogP) is 3.43. The lowest BCUT2D eigenvalue weighted by Gasteiger charge is -2.31. The van der Waals surface area contributed by atoms with Crippen LogP contribution in [0.4, 0.5) is 0 Å². The summed E-state index contributed by atoms with van der Waals surface area (Å²) in [6.07, 6.45) is 3.73. The summed E-state index contributed by atoms with van der Waals surface area (Å²) in [4.78, 5) is 0. The van der Waals surface area contributed by atoms with Crippen molar-refractivity contribution in [2.45, 2.75) is 37.8 Å². The average molecular weight is 249 g/mol. The number of fused-ring (bicyclic) bond motifs is 2. The maximum Gasteiger partial charge on any atom is 0.0211 e. The zero-order chi connectivity index (χ0) is 12.7. The SMILES string of the molecule is c1ccc2c(c1)CNC(C1CCc3ccccc31)C2. The number of aryl methyl sites for hydroxylation is 1. The van der Waals surface area contributed by atoms with Gasteiger partial charge in [-0.3, -0.25) is 0 Å². The molecule has 1 aliphatic carbocycles. The van der Waals surface area contributed by atoms with Gasteiger partial charge in [-0.15, -0.1) is 0 Å². The Morgan fingerprint density at radius 3 is 2.47 bits per heavy atom. The van der Waals surface area contributed by atoms with E-state index in [2.05, 4.69) is 53.8 Å². The van der Waals surface area contributed by atoms with Crippen LogP contribution in [-0.4, -0.2) is 6.04 Å². The minimum Gasteiger partial charge on any atom is -0.309 e. The van der Waals surface area contributed by atoms with Gasteiger partial charge in [0.05, 0.1) is 0 Å². The summed E-state index contributed by atoms with van der Waals surface area (Å²) in [5.74, 6) is 0.699. The molecule has 1 nitrogen and oxygen atoms in total. The van der Waals surface area contributed by atoms with E-state index >= 15 is 0 Å². The zero-order valence-corrected chi connectivity index (χ0v) is 11.1. The Kier molecular flexibility index (Phi) is 2.66. The monoisotopic (exact) mass is 249 g/mol. The van der Waals surface area contributed by atoms with Crippen molar-refractivity contribution >= 4 is 0 Å². The first kappa shape index (κ1) is 11.2. The normalized spacial score (nSPS) is 24.8. The highest BCUT2D eigenvalue weighted by atomic mass is 14.9. The maximum atomic E-state index is 3.76. The molecule has 1 heterocycles. The van der Waals surface area contributed by atoms with E-state index in [-0.39, 0.29) is 0 Å². The minimum atomic E-state index is 0.610. The molecule has 96 valence electrons. The average Bonchev–Trinajstić information content (AvgIpc) is 2.91. The molecule has 0 aromatic heterocycles. The van der Waals surface area contributed by atoms with E-state index in [9.17, 15) is 0 Å². The Balaban J connectivity index is 1.63. The van der Waals surface area contributed by atoms with Gasteiger partial charge in [-0.25, -0.2) is 0 Å². The van der Waals surface area contributed by atoms with Crippen LogP contribution in [0, 0.1) is 0 Å². The van der Waals surface area contributed by atoms with Crippen molar-refractivity contribution in [3.8, 4) is 0 Å². The summed E-state index contributed by atoms with van der Waals surface area (Å²) in [5, 5.41) is 3.76. The molecular formula is C18H19N. The van der Waals surface area contributed by atoms with E-state index in [1.54, 1.807) is 11.1 Å². The van der Waals surface area contributed by atoms with Crippen molar-refractivity contribution < 1.29 is 0 Å². The van der Waals surface area contributed by atoms with Crippen LogP contribution >= 0.6 is 0 Å². The quantitative estimate of drug-likeness (QED) is 0.816. The molecule has 19 heavy (non-hydrogen) atoms. The lowest BCUT2D eigenvalue weighted by Crippen LogP contribution is -2.39. The number of hydrogen-bond donors (Lipinski definition) is 1. The van der Waals surface area contributed by atoms with Crippen molar-refractivity contribution in [3.63, 3.8) is 0 Å². The van der Waals surface area contributed by atoms with Crippen molar-refractivity contribution in [3.05, 3.63) is 70.8 Å². The Hall–Kier alpha value is -1.60. The van der Waals surface area contributed by atoms with E-state index in [0.29, 0.717) is 12.0 Å². The smallest absolute Gasteiger partial charge is 0.0211 e. The summed E-state index contributed by atoms with van der Waals surface area (Å²) in [5.41, 5.74) is 6.16. The van der Waals surface area contributed by atoms with Crippen molar-refractivity contribution in [1.29, 1.82) is 0 Å². The van der Waals surface area contributed by atoms with Gasteiger partial charge in [0.2, 0.25) is 0 Å². The topological polar surface area (TPSA) is 12.0 Å². The van der Waals surface area contributed by atoms with Crippen LogP contribution in [0.15, 0.2) is 48.5 Å². The molecule has 1 heteroatoms. The van der Waals surface area contributed by atoms with Crippen LogP contribution in [0.25, 0.3) is 0 Å². The van der Waals surface area contributed by atoms with E-state index < -0.39 is 0 Å². The van der Waals surface area contributed by atoms with Crippen molar-refractivity contribution in [2.75, 3.05) is 0 Å². The molecule has 0 saturated heterocycles. The first-order chi connectivity index (χ1) is 9.42. The van der Waals surface area contributed by atoms with E-state index in [4.69, 9.17) is 0 Å². The maximum absolute atomic E-state index is 3.76. The molecule has 2 unspecified atom stereocenters. The summed E-state index contributed by atoms with van der Waals surface area (Å²) >= 11 is 0. The van der Waals surface area contributed by atoms with E-state index in [0.717, 1.165) is 6.54 Å². The second-order valence-corrected chi connectivity index (χ2v) is 5.80. The first-order valence-electron chi connectivity index (χ1n) is 7.30. The molecule has 0 spiro atoms. The third-order valence-corrected chi connectivity index (χ3v) is 4.78. The molecule has 4 rings (SSSR count). The van der Waals surface area contributed by atoms with Crippen LogP contribution in [0.5, 0.6) is 0 Å². The highest BCUT2D eigenvalue weighted by molar-refractivity contribution is 5.38. The second-order valence-electron chi connectivity index (χ2n) is 5.80. The van der Waals surface area contributed by atoms with E-state index in [1.165, 1.54) is 30.4 Å². The molecule has 2 aliphatic rings. The largest absolute Gasteiger partial charge is 0.309 e. The first-order valence-corrected chi connectivity index (χ1v) is 7.30. The summed E-state index contributed by atoms with van der Waals surface area (Å²) < 4.78 is 0. The van der Waals surface area contributed by atoms with Crippen molar-refractivity contribution in [2.24, 2.45) is 0 Å². The van der Waals surface area contributed by atoms with Crippen LogP contribution in [-0.2, 0) is 19.4 Å². The predicted molar refractivity (Wildman–Crippen MR) is 78.3 cm³/mol. The zero-order valence-electron chi connectivity index (χ0n) is 11.1. The second kappa shape index (κ2) is 4.50. The number of nitrogens with one attached hydrogen (secondary N) is 1. The Morgan fingerprint density at radius 2 is 1.58 bits per heavy atom. The number of hydrogen-bond acceptors (Lipinski definition) is 1. The van der Waals surface area contributed by atoms with E-state index in [1.807, 2.05) is 0 Å². The summed E-state index contributed by atoms with van der Waals surface area (Å²) in [6, 6.07) is 18.5. The Morgan fingerprint density at radius 1 is 0.842 bits per heavy atom. The molecule has 2 aromatic carbocycles. The molecule has 2 aromatic rings. The Labute approximate surface area is 114 Å². The van der Waals surface area contributed by atoms with Crippen molar-refractivity contribution in [1.82, 2.24) is 5.32 Å². The van der Waals surface area contributed by atoms with Gasteiger partial charge in [0.1, 0.15) is 0 Å². The van der Waals surface area contributed by atoms with Crippen LogP contribution in [0.2, 0.25) is 0 Å². The minimum absolute atomic E-state index is 0.610. The third-order valence-electron chi connectivity index (χ3n) is 4.78. The highest BCUT2D eigenvalue weighted by Crippen LogP contribution is 2.37. The van der Waals surface area contributed by atoms with Gasteiger partial charge in [0.25, 0.3) is 0 Å². The van der Waals surface area contributed by atoms with Crippen LogP contribution in [0.1, 0.15) is 34.6 Å². The van der Waals surface area contributed by atoms with Crippen LogP contribution < -0.4 is 5.32 Å². The molecule has 0 amide bonds. The fourth-order valence-electron chi connectivity index (χ4n) is 3.77. The molecule has 0 radical (unpaired) electrons. The highest BCUT2D eigenvalue weighted by Gasteiger charge is 2.31. The molecule has 0 bridgehead atoms. The molecule has 2 atom stereocenters. The molecule has 1 N–H and O–H groups in total. The van der Waals surface area contributed by atoms with Gasteiger partial charge in [0.15, 0.2) is 0 Å². The summed E-state index contributed by atoms with van der Waals surface area (Å²) in [6.45, 7) is 1.03. The lowest BCUT2D eigenvalue weighted by atomic mass is 9.85. The molecular weight excluding hydrogens is 230 g/mol. The molecule has 0 fully saturated rings. The molecule has 1 aliphatic heterocycles. The van der Waals surface area contributed by atoms with Crippen LogP contribution in [0.3, 0.4) is 0 Å².